The summed E-state index contributed by atoms with van der Waals surface area (Å²) in [5, 5.41) is 18.4. The second kappa shape index (κ2) is 6.74. The lowest BCUT2D eigenvalue weighted by molar-refractivity contribution is -0.137. The Bertz CT molecular complexity index is 414. The number of phenols is 1. The number of phenolic OH excluding ortho intramolecular Hbond substituents is 1. The predicted molar refractivity (Wildman–Crippen MR) is 66.4 cm³/mol. The number of benzene rings is 1. The molecule has 0 unspecified atom stereocenters. The molecule has 0 radical (unpaired) electrons. The van der Waals surface area contributed by atoms with Gasteiger partial charge in [0.2, 0.25) is 5.75 Å². The molecule has 18 heavy (non-hydrogen) atoms. The molecule has 0 amide bonds. The maximum atomic E-state index is 10.4. The largest absolute Gasteiger partial charge is 0.504 e. The number of hydrogen-bond acceptors (Lipinski definition) is 4. The molecule has 5 nitrogen and oxygen atoms in total. The van der Waals surface area contributed by atoms with Crippen LogP contribution in [-0.2, 0) is 11.2 Å². The first kappa shape index (κ1) is 14.2. The molecule has 0 aliphatic carbocycles. The Morgan fingerprint density at radius 2 is 2.11 bits per heavy atom. The van der Waals surface area contributed by atoms with Crippen LogP contribution in [-0.4, -0.2) is 29.9 Å². The van der Waals surface area contributed by atoms with Gasteiger partial charge in [-0.25, -0.2) is 0 Å². The van der Waals surface area contributed by atoms with Crippen LogP contribution in [0.3, 0.4) is 0 Å². The quantitative estimate of drug-likeness (QED) is 0.780. The summed E-state index contributed by atoms with van der Waals surface area (Å²) in [6.45, 7) is 2.31. The van der Waals surface area contributed by atoms with E-state index >= 15 is 0 Å². The molecule has 0 spiro atoms. The van der Waals surface area contributed by atoms with E-state index in [4.69, 9.17) is 14.6 Å². The van der Waals surface area contributed by atoms with Gasteiger partial charge in [0, 0.05) is 6.42 Å². The van der Waals surface area contributed by atoms with Crippen molar-refractivity contribution in [2.45, 2.75) is 26.2 Å². The first-order chi connectivity index (χ1) is 8.58. The van der Waals surface area contributed by atoms with Crippen LogP contribution in [0.4, 0.5) is 0 Å². The molecule has 0 aromatic heterocycles. The average Bonchev–Trinajstić information content (AvgIpc) is 2.28. The minimum atomic E-state index is -0.822. The van der Waals surface area contributed by atoms with Crippen LogP contribution in [0.1, 0.15) is 25.3 Å². The van der Waals surface area contributed by atoms with Gasteiger partial charge in [0.1, 0.15) is 0 Å². The number of ether oxygens (including phenoxy) is 2. The van der Waals surface area contributed by atoms with Crippen molar-refractivity contribution in [2.24, 2.45) is 0 Å². The van der Waals surface area contributed by atoms with Crippen LogP contribution in [0.5, 0.6) is 17.2 Å². The van der Waals surface area contributed by atoms with E-state index in [1.54, 1.807) is 12.1 Å². The minimum Gasteiger partial charge on any atom is -0.504 e. The number of carbonyl (C=O) groups is 1. The number of carboxylic acids is 1. The molecule has 1 aromatic carbocycles. The zero-order chi connectivity index (χ0) is 13.5. The van der Waals surface area contributed by atoms with Crippen molar-refractivity contribution in [3.8, 4) is 17.2 Å². The van der Waals surface area contributed by atoms with E-state index in [-0.39, 0.29) is 12.2 Å². The number of methoxy groups -OCH3 is 1. The molecule has 0 bridgehead atoms. The maximum Gasteiger partial charge on any atom is 0.303 e. The fraction of sp³-hybridized carbons (Fsp3) is 0.462. The van der Waals surface area contributed by atoms with Gasteiger partial charge in [-0.15, -0.1) is 0 Å². The molecule has 1 rings (SSSR count). The SMILES string of the molecule is CCOc1cc(CCCC(=O)O)cc(O)c1OC. The van der Waals surface area contributed by atoms with Gasteiger partial charge in [-0.1, -0.05) is 0 Å². The summed E-state index contributed by atoms with van der Waals surface area (Å²) in [5.74, 6) is -0.0318. The Balaban J connectivity index is 2.83. The van der Waals surface area contributed by atoms with Gasteiger partial charge in [0.15, 0.2) is 11.5 Å². The smallest absolute Gasteiger partial charge is 0.303 e. The van der Waals surface area contributed by atoms with Crippen molar-refractivity contribution in [1.29, 1.82) is 0 Å². The summed E-state index contributed by atoms with van der Waals surface area (Å²) in [5.41, 5.74) is 0.831. The first-order valence-corrected chi connectivity index (χ1v) is 5.83. The number of hydrogen-bond donors (Lipinski definition) is 2. The molecule has 0 heterocycles. The summed E-state index contributed by atoms with van der Waals surface area (Å²) in [6.07, 6.45) is 1.20. The van der Waals surface area contributed by atoms with Crippen LogP contribution in [0.15, 0.2) is 12.1 Å². The fourth-order valence-corrected chi connectivity index (χ4v) is 1.70. The Kier molecular flexibility index (Phi) is 5.30. The van der Waals surface area contributed by atoms with E-state index in [0.717, 1.165) is 5.56 Å². The molecule has 0 saturated heterocycles. The van der Waals surface area contributed by atoms with Crippen molar-refractivity contribution in [1.82, 2.24) is 0 Å². The standard InChI is InChI=1S/C13H18O5/c1-3-18-11-8-9(5-4-6-12(15)16)7-10(14)13(11)17-2/h7-8,14H,3-6H2,1-2H3,(H,15,16). The predicted octanol–water partition coefficient (Wildman–Crippen LogP) is 2.21. The van der Waals surface area contributed by atoms with E-state index in [0.29, 0.717) is 30.9 Å². The first-order valence-electron chi connectivity index (χ1n) is 5.83. The highest BCUT2D eigenvalue weighted by Gasteiger charge is 2.12. The van der Waals surface area contributed by atoms with Gasteiger partial charge in [-0.3, -0.25) is 4.79 Å². The van der Waals surface area contributed by atoms with Crippen molar-refractivity contribution >= 4 is 5.97 Å². The zero-order valence-electron chi connectivity index (χ0n) is 10.6. The van der Waals surface area contributed by atoms with Crippen LogP contribution >= 0.6 is 0 Å². The lowest BCUT2D eigenvalue weighted by atomic mass is 10.1. The summed E-state index contributed by atoms with van der Waals surface area (Å²) in [4.78, 5) is 10.4. The lowest BCUT2D eigenvalue weighted by Crippen LogP contribution is -1.99. The van der Waals surface area contributed by atoms with Crippen LogP contribution < -0.4 is 9.47 Å². The van der Waals surface area contributed by atoms with Gasteiger partial charge >= 0.3 is 5.97 Å². The van der Waals surface area contributed by atoms with Crippen LogP contribution in [0.25, 0.3) is 0 Å². The van der Waals surface area contributed by atoms with Crippen molar-refractivity contribution in [2.75, 3.05) is 13.7 Å². The Morgan fingerprint density at radius 1 is 1.39 bits per heavy atom. The average molecular weight is 254 g/mol. The number of aromatic hydroxyl groups is 1. The number of rotatable bonds is 7. The van der Waals surface area contributed by atoms with Gasteiger partial charge in [0.25, 0.3) is 0 Å². The minimum absolute atomic E-state index is 0.00813. The van der Waals surface area contributed by atoms with E-state index in [9.17, 15) is 9.90 Å². The third-order valence-corrected chi connectivity index (χ3v) is 2.46. The topological polar surface area (TPSA) is 76.0 Å². The summed E-state index contributed by atoms with van der Waals surface area (Å²) in [7, 11) is 1.46. The molecule has 0 aliphatic rings. The van der Waals surface area contributed by atoms with E-state index in [2.05, 4.69) is 0 Å². The normalized spacial score (nSPS) is 10.1. The van der Waals surface area contributed by atoms with Crippen molar-refractivity contribution in [3.63, 3.8) is 0 Å². The highest BCUT2D eigenvalue weighted by atomic mass is 16.5. The van der Waals surface area contributed by atoms with Gasteiger partial charge in [-0.05, 0) is 37.5 Å². The number of carboxylic acid groups (broad SMARTS) is 1. The Hall–Kier alpha value is -1.91. The van der Waals surface area contributed by atoms with Gasteiger partial charge in [-0.2, -0.15) is 0 Å². The second-order valence-electron chi connectivity index (χ2n) is 3.83. The molecule has 0 fully saturated rings. The van der Waals surface area contributed by atoms with Crippen LogP contribution in [0, 0.1) is 0 Å². The molecular weight excluding hydrogens is 236 g/mol. The molecule has 5 heteroatoms. The molecule has 0 atom stereocenters. The Labute approximate surface area is 106 Å². The molecule has 2 N–H and O–H groups in total. The summed E-state index contributed by atoms with van der Waals surface area (Å²) >= 11 is 0. The third kappa shape index (κ3) is 3.84. The van der Waals surface area contributed by atoms with Gasteiger partial charge in [0.05, 0.1) is 13.7 Å². The summed E-state index contributed by atoms with van der Waals surface area (Å²) in [6, 6.07) is 3.34. The second-order valence-corrected chi connectivity index (χ2v) is 3.83. The summed E-state index contributed by atoms with van der Waals surface area (Å²) < 4.78 is 10.4. The molecule has 0 aliphatic heterocycles. The number of aryl methyl sites for hydroxylation is 1. The lowest BCUT2D eigenvalue weighted by Gasteiger charge is -2.12. The number of aliphatic carboxylic acids is 1. The molecular formula is C13H18O5. The van der Waals surface area contributed by atoms with Crippen molar-refractivity contribution in [3.05, 3.63) is 17.7 Å². The van der Waals surface area contributed by atoms with Crippen molar-refractivity contribution < 1.29 is 24.5 Å². The van der Waals surface area contributed by atoms with E-state index in [1.165, 1.54) is 7.11 Å². The maximum absolute atomic E-state index is 10.4. The highest BCUT2D eigenvalue weighted by Crippen LogP contribution is 2.37. The molecule has 100 valence electrons. The zero-order valence-corrected chi connectivity index (χ0v) is 10.6. The fourth-order valence-electron chi connectivity index (χ4n) is 1.70. The monoisotopic (exact) mass is 254 g/mol. The van der Waals surface area contributed by atoms with E-state index < -0.39 is 5.97 Å². The van der Waals surface area contributed by atoms with Crippen LogP contribution in [0.2, 0.25) is 0 Å². The third-order valence-electron chi connectivity index (χ3n) is 2.46. The van der Waals surface area contributed by atoms with Gasteiger partial charge < -0.3 is 19.7 Å². The highest BCUT2D eigenvalue weighted by molar-refractivity contribution is 5.66. The molecule has 0 saturated carbocycles. The molecule has 1 aromatic rings. The van der Waals surface area contributed by atoms with E-state index in [1.807, 2.05) is 6.92 Å². The Morgan fingerprint density at radius 3 is 2.67 bits per heavy atom.